The molecule has 0 fully saturated rings. The second-order valence-electron chi connectivity index (χ2n) is 4.02. The SMILES string of the molecule is NCCCNCCN(CCCN)CCCN. The Morgan fingerprint density at radius 3 is 1.75 bits per heavy atom. The minimum atomic E-state index is 0.761. The Morgan fingerprint density at radius 1 is 0.688 bits per heavy atom. The van der Waals surface area contributed by atoms with E-state index in [0.717, 1.165) is 71.6 Å². The first-order chi connectivity index (χ1) is 7.85. The number of hydrogen-bond donors (Lipinski definition) is 4. The number of nitrogens with one attached hydrogen (secondary N) is 1. The average molecular weight is 231 g/mol. The zero-order chi connectivity index (χ0) is 12.1. The zero-order valence-corrected chi connectivity index (χ0v) is 10.5. The minimum Gasteiger partial charge on any atom is -0.330 e. The molecule has 0 aromatic rings. The summed E-state index contributed by atoms with van der Waals surface area (Å²) in [5.74, 6) is 0. The molecule has 0 bridgehead atoms. The fraction of sp³-hybridized carbons (Fsp3) is 1.00. The summed E-state index contributed by atoms with van der Waals surface area (Å²) < 4.78 is 0. The highest BCUT2D eigenvalue weighted by Gasteiger charge is 2.02. The lowest BCUT2D eigenvalue weighted by Gasteiger charge is -2.21. The van der Waals surface area contributed by atoms with Crippen molar-refractivity contribution in [3.05, 3.63) is 0 Å². The third kappa shape index (κ3) is 10.3. The van der Waals surface area contributed by atoms with E-state index in [4.69, 9.17) is 17.2 Å². The fourth-order valence-corrected chi connectivity index (χ4v) is 1.55. The van der Waals surface area contributed by atoms with Crippen molar-refractivity contribution < 1.29 is 0 Å². The monoisotopic (exact) mass is 231 g/mol. The van der Waals surface area contributed by atoms with Gasteiger partial charge < -0.3 is 27.4 Å². The highest BCUT2D eigenvalue weighted by Crippen LogP contribution is 1.92. The van der Waals surface area contributed by atoms with E-state index in [1.54, 1.807) is 0 Å². The lowest BCUT2D eigenvalue weighted by atomic mass is 10.3. The second kappa shape index (κ2) is 12.9. The summed E-state index contributed by atoms with van der Waals surface area (Å²) in [5.41, 5.74) is 16.5. The van der Waals surface area contributed by atoms with Gasteiger partial charge in [-0.1, -0.05) is 0 Å². The second-order valence-corrected chi connectivity index (χ2v) is 4.02. The molecule has 5 nitrogen and oxygen atoms in total. The molecular weight excluding hydrogens is 202 g/mol. The molecule has 0 unspecified atom stereocenters. The van der Waals surface area contributed by atoms with Crippen LogP contribution in [0.3, 0.4) is 0 Å². The standard InChI is InChI=1S/C11H29N5/c12-4-1-7-15-8-11-16(9-2-5-13)10-3-6-14/h15H,1-14H2. The Labute approximate surface area is 99.7 Å². The summed E-state index contributed by atoms with van der Waals surface area (Å²) in [6.45, 7) is 7.55. The van der Waals surface area contributed by atoms with Gasteiger partial charge in [0, 0.05) is 13.1 Å². The van der Waals surface area contributed by atoms with Crippen LogP contribution in [0.2, 0.25) is 0 Å². The summed E-state index contributed by atoms with van der Waals surface area (Å²) >= 11 is 0. The van der Waals surface area contributed by atoms with Gasteiger partial charge in [-0.15, -0.1) is 0 Å². The molecule has 0 aliphatic rings. The largest absolute Gasteiger partial charge is 0.330 e. The summed E-state index contributed by atoms with van der Waals surface area (Å²) in [6, 6.07) is 0. The zero-order valence-electron chi connectivity index (χ0n) is 10.5. The van der Waals surface area contributed by atoms with E-state index in [0.29, 0.717) is 0 Å². The number of nitrogens with zero attached hydrogens (tertiary/aromatic N) is 1. The molecule has 0 aromatic carbocycles. The number of rotatable bonds is 12. The van der Waals surface area contributed by atoms with Crippen molar-refractivity contribution in [2.75, 3.05) is 52.4 Å². The predicted octanol–water partition coefficient (Wildman–Crippen LogP) is -1.08. The molecule has 0 radical (unpaired) electrons. The van der Waals surface area contributed by atoms with Gasteiger partial charge in [0.2, 0.25) is 0 Å². The first-order valence-corrected chi connectivity index (χ1v) is 6.38. The molecule has 7 N–H and O–H groups in total. The Morgan fingerprint density at radius 2 is 1.25 bits per heavy atom. The maximum absolute atomic E-state index is 5.52. The van der Waals surface area contributed by atoms with Gasteiger partial charge in [0.05, 0.1) is 0 Å². The number of hydrogen-bond acceptors (Lipinski definition) is 5. The molecule has 0 amide bonds. The summed E-state index contributed by atoms with van der Waals surface area (Å²) in [6.07, 6.45) is 3.17. The van der Waals surface area contributed by atoms with Crippen molar-refractivity contribution in [3.63, 3.8) is 0 Å². The quantitative estimate of drug-likeness (QED) is 0.321. The highest BCUT2D eigenvalue weighted by molar-refractivity contribution is 4.61. The van der Waals surface area contributed by atoms with E-state index >= 15 is 0 Å². The van der Waals surface area contributed by atoms with E-state index in [-0.39, 0.29) is 0 Å². The molecule has 0 saturated carbocycles. The average Bonchev–Trinajstić information content (AvgIpc) is 2.31. The van der Waals surface area contributed by atoms with Crippen molar-refractivity contribution in [2.24, 2.45) is 17.2 Å². The maximum Gasteiger partial charge on any atom is 0.0107 e. The van der Waals surface area contributed by atoms with Crippen LogP contribution in [0, 0.1) is 0 Å². The first-order valence-electron chi connectivity index (χ1n) is 6.38. The fourth-order valence-electron chi connectivity index (χ4n) is 1.55. The van der Waals surface area contributed by atoms with Crippen LogP contribution in [0.15, 0.2) is 0 Å². The van der Waals surface area contributed by atoms with Crippen molar-refractivity contribution in [2.45, 2.75) is 19.3 Å². The Kier molecular flexibility index (Phi) is 12.7. The molecule has 0 saturated heterocycles. The molecule has 16 heavy (non-hydrogen) atoms. The van der Waals surface area contributed by atoms with Crippen LogP contribution >= 0.6 is 0 Å². The smallest absolute Gasteiger partial charge is 0.0107 e. The molecular formula is C11H29N5. The summed E-state index contributed by atoms with van der Waals surface area (Å²) in [5, 5.41) is 3.39. The maximum atomic E-state index is 5.52. The van der Waals surface area contributed by atoms with Crippen LogP contribution in [0.25, 0.3) is 0 Å². The van der Waals surface area contributed by atoms with Gasteiger partial charge in [-0.05, 0) is 58.5 Å². The molecule has 0 aliphatic heterocycles. The van der Waals surface area contributed by atoms with Crippen molar-refractivity contribution >= 4 is 0 Å². The van der Waals surface area contributed by atoms with E-state index in [9.17, 15) is 0 Å². The van der Waals surface area contributed by atoms with Gasteiger partial charge in [0.15, 0.2) is 0 Å². The molecule has 0 atom stereocenters. The Hall–Kier alpha value is -0.200. The Balaban J connectivity index is 3.48. The number of nitrogens with two attached hydrogens (primary N) is 3. The van der Waals surface area contributed by atoms with E-state index in [1.807, 2.05) is 0 Å². The van der Waals surface area contributed by atoms with Crippen LogP contribution < -0.4 is 22.5 Å². The van der Waals surface area contributed by atoms with Crippen molar-refractivity contribution in [1.29, 1.82) is 0 Å². The molecule has 5 heteroatoms. The Bertz CT molecular complexity index is 124. The third-order valence-electron chi connectivity index (χ3n) is 2.52. The van der Waals surface area contributed by atoms with Gasteiger partial charge in [0.25, 0.3) is 0 Å². The molecule has 0 spiro atoms. The molecule has 0 rings (SSSR count). The third-order valence-corrected chi connectivity index (χ3v) is 2.52. The summed E-state index contributed by atoms with van der Waals surface area (Å²) in [4.78, 5) is 2.43. The van der Waals surface area contributed by atoms with Gasteiger partial charge in [0.1, 0.15) is 0 Å². The molecule has 98 valence electrons. The molecule has 0 heterocycles. The van der Waals surface area contributed by atoms with Crippen LogP contribution in [0.5, 0.6) is 0 Å². The topological polar surface area (TPSA) is 93.3 Å². The van der Waals surface area contributed by atoms with Crippen molar-refractivity contribution in [1.82, 2.24) is 10.2 Å². The molecule has 0 aromatic heterocycles. The minimum absolute atomic E-state index is 0.761. The van der Waals surface area contributed by atoms with Crippen LogP contribution in [0.1, 0.15) is 19.3 Å². The predicted molar refractivity (Wildman–Crippen MR) is 70.3 cm³/mol. The highest BCUT2D eigenvalue weighted by atomic mass is 15.1. The van der Waals surface area contributed by atoms with Crippen LogP contribution in [-0.4, -0.2) is 57.3 Å². The molecule has 0 aliphatic carbocycles. The first kappa shape index (κ1) is 15.8. The van der Waals surface area contributed by atoms with Crippen LogP contribution in [-0.2, 0) is 0 Å². The lowest BCUT2D eigenvalue weighted by Crippen LogP contribution is -2.35. The van der Waals surface area contributed by atoms with Gasteiger partial charge in [-0.2, -0.15) is 0 Å². The lowest BCUT2D eigenvalue weighted by molar-refractivity contribution is 0.269. The van der Waals surface area contributed by atoms with Gasteiger partial charge in [-0.25, -0.2) is 0 Å². The van der Waals surface area contributed by atoms with E-state index in [1.165, 1.54) is 0 Å². The van der Waals surface area contributed by atoms with Gasteiger partial charge >= 0.3 is 0 Å². The normalized spacial score (nSPS) is 11.2. The van der Waals surface area contributed by atoms with Crippen molar-refractivity contribution in [3.8, 4) is 0 Å². The van der Waals surface area contributed by atoms with Crippen LogP contribution in [0.4, 0.5) is 0 Å². The van der Waals surface area contributed by atoms with E-state index < -0.39 is 0 Å². The summed E-state index contributed by atoms with van der Waals surface area (Å²) in [7, 11) is 0. The van der Waals surface area contributed by atoms with E-state index in [2.05, 4.69) is 10.2 Å². The van der Waals surface area contributed by atoms with Gasteiger partial charge in [-0.3, -0.25) is 0 Å².